The number of amides is 1. The number of benzene rings is 1. The largest absolute Gasteiger partial charge is 0.441 e. The Morgan fingerprint density at radius 2 is 1.97 bits per heavy atom. The molecule has 1 aliphatic heterocycles. The topological polar surface area (TPSA) is 49.6 Å². The Kier molecular flexibility index (Phi) is 6.60. The zero-order chi connectivity index (χ0) is 21.1. The van der Waals surface area contributed by atoms with Crippen molar-refractivity contribution in [1.29, 1.82) is 0 Å². The van der Waals surface area contributed by atoms with Crippen LogP contribution in [0.2, 0.25) is 0 Å². The predicted molar refractivity (Wildman–Crippen MR) is 114 cm³/mol. The molecular formula is C21H20BrF2N3O2S. The first-order chi connectivity index (χ1) is 14.5. The zero-order valence-corrected chi connectivity index (χ0v) is 18.5. The molecule has 5 nitrogen and oxygen atoms in total. The zero-order valence-electron chi connectivity index (χ0n) is 16.1. The summed E-state index contributed by atoms with van der Waals surface area (Å²) in [5.41, 5.74) is 0.148. The molecule has 0 atom stereocenters. The van der Waals surface area contributed by atoms with Crippen LogP contribution in [0.25, 0.3) is 11.3 Å². The van der Waals surface area contributed by atoms with E-state index in [1.807, 2.05) is 4.90 Å². The third-order valence-electron chi connectivity index (χ3n) is 5.04. The molecule has 1 aliphatic rings. The summed E-state index contributed by atoms with van der Waals surface area (Å²) >= 11 is 5.21. The van der Waals surface area contributed by atoms with E-state index in [1.165, 1.54) is 23.2 Å². The minimum Gasteiger partial charge on any atom is -0.441 e. The van der Waals surface area contributed by atoms with Crippen LogP contribution in [0.1, 0.15) is 17.2 Å². The van der Waals surface area contributed by atoms with Gasteiger partial charge in [-0.2, -0.15) is 0 Å². The number of carbonyl (C=O) groups excluding carboxylic acids is 1. The van der Waals surface area contributed by atoms with Gasteiger partial charge in [-0.05, 0) is 40.2 Å². The predicted octanol–water partition coefficient (Wildman–Crippen LogP) is 4.72. The summed E-state index contributed by atoms with van der Waals surface area (Å²) < 4.78 is 33.6. The van der Waals surface area contributed by atoms with Crippen molar-refractivity contribution in [2.24, 2.45) is 0 Å². The summed E-state index contributed by atoms with van der Waals surface area (Å²) in [6, 6.07) is 7.46. The lowest BCUT2D eigenvalue weighted by molar-refractivity contribution is -0.133. The maximum Gasteiger partial charge on any atom is 0.223 e. The van der Waals surface area contributed by atoms with Crippen LogP contribution in [-0.4, -0.2) is 46.9 Å². The second-order valence-corrected chi connectivity index (χ2v) is 9.65. The van der Waals surface area contributed by atoms with Gasteiger partial charge in [0, 0.05) is 56.5 Å². The minimum atomic E-state index is -0.707. The average molecular weight is 496 g/mol. The van der Waals surface area contributed by atoms with E-state index >= 15 is 0 Å². The number of hydrogen-bond donors (Lipinski definition) is 0. The summed E-state index contributed by atoms with van der Waals surface area (Å²) in [5, 5.41) is 0. The number of hydrogen-bond acceptors (Lipinski definition) is 5. The Morgan fingerprint density at radius 3 is 2.67 bits per heavy atom. The van der Waals surface area contributed by atoms with E-state index < -0.39 is 11.6 Å². The third-order valence-corrected chi connectivity index (χ3v) is 6.64. The SMILES string of the molecule is O=C(CCc1ncc(-c2ccc(F)cc2F)o1)N1CCN(Cc2ccc(Br)s2)CC1. The molecule has 0 spiro atoms. The molecule has 30 heavy (non-hydrogen) atoms. The molecule has 1 fully saturated rings. The molecule has 1 amide bonds. The van der Waals surface area contributed by atoms with Crippen molar-refractivity contribution < 1.29 is 18.0 Å². The molecule has 3 aromatic rings. The Balaban J connectivity index is 1.26. The van der Waals surface area contributed by atoms with Gasteiger partial charge in [0.15, 0.2) is 11.7 Å². The normalized spacial score (nSPS) is 15.0. The lowest BCUT2D eigenvalue weighted by Crippen LogP contribution is -2.48. The van der Waals surface area contributed by atoms with E-state index in [4.69, 9.17) is 4.42 Å². The number of thiophene rings is 1. The fourth-order valence-electron chi connectivity index (χ4n) is 3.42. The maximum atomic E-state index is 13.9. The number of oxazole rings is 1. The quantitative estimate of drug-likeness (QED) is 0.496. The highest BCUT2D eigenvalue weighted by Crippen LogP contribution is 2.25. The lowest BCUT2D eigenvalue weighted by atomic mass is 10.2. The van der Waals surface area contributed by atoms with Crippen LogP contribution in [0.15, 0.2) is 44.7 Å². The van der Waals surface area contributed by atoms with Crippen LogP contribution in [0, 0.1) is 11.6 Å². The summed E-state index contributed by atoms with van der Waals surface area (Å²) in [6.07, 6.45) is 2.02. The molecule has 0 aliphatic carbocycles. The summed E-state index contributed by atoms with van der Waals surface area (Å²) in [5.74, 6) is -0.708. The van der Waals surface area contributed by atoms with Gasteiger partial charge in [-0.3, -0.25) is 9.69 Å². The number of piperazine rings is 1. The van der Waals surface area contributed by atoms with Gasteiger partial charge in [0.2, 0.25) is 5.91 Å². The molecule has 4 rings (SSSR count). The highest BCUT2D eigenvalue weighted by Gasteiger charge is 2.22. The van der Waals surface area contributed by atoms with Crippen molar-refractivity contribution in [2.75, 3.05) is 26.2 Å². The van der Waals surface area contributed by atoms with E-state index in [-0.39, 0.29) is 23.7 Å². The molecule has 9 heteroatoms. The number of rotatable bonds is 6. The van der Waals surface area contributed by atoms with Gasteiger partial charge in [-0.1, -0.05) is 0 Å². The van der Waals surface area contributed by atoms with Gasteiger partial charge in [-0.15, -0.1) is 11.3 Å². The first-order valence-electron chi connectivity index (χ1n) is 9.62. The van der Waals surface area contributed by atoms with Crippen molar-refractivity contribution in [3.63, 3.8) is 0 Å². The van der Waals surface area contributed by atoms with Gasteiger partial charge in [-0.25, -0.2) is 13.8 Å². The van der Waals surface area contributed by atoms with E-state index in [9.17, 15) is 13.6 Å². The molecule has 2 aromatic heterocycles. The molecule has 0 radical (unpaired) electrons. The van der Waals surface area contributed by atoms with Crippen molar-refractivity contribution in [3.05, 3.63) is 62.7 Å². The molecule has 158 valence electrons. The van der Waals surface area contributed by atoms with Crippen LogP contribution in [-0.2, 0) is 17.8 Å². The van der Waals surface area contributed by atoms with Crippen LogP contribution >= 0.6 is 27.3 Å². The minimum absolute atomic E-state index is 0.0567. The van der Waals surface area contributed by atoms with E-state index in [1.54, 1.807) is 11.3 Å². The Labute approximate surface area is 185 Å². The number of nitrogens with zero attached hydrogens (tertiary/aromatic N) is 3. The number of aromatic nitrogens is 1. The van der Waals surface area contributed by atoms with Crippen molar-refractivity contribution >= 4 is 33.2 Å². The number of halogens is 3. The fraction of sp³-hybridized carbons (Fsp3) is 0.333. The van der Waals surface area contributed by atoms with Crippen LogP contribution in [0.4, 0.5) is 8.78 Å². The molecule has 1 saturated heterocycles. The third kappa shape index (κ3) is 5.14. The van der Waals surface area contributed by atoms with Gasteiger partial charge >= 0.3 is 0 Å². The van der Waals surface area contributed by atoms with Crippen LogP contribution in [0.3, 0.4) is 0 Å². The highest BCUT2D eigenvalue weighted by molar-refractivity contribution is 9.11. The first kappa shape index (κ1) is 21.1. The summed E-state index contributed by atoms with van der Waals surface area (Å²) in [7, 11) is 0. The van der Waals surface area contributed by atoms with Crippen LogP contribution in [0.5, 0.6) is 0 Å². The Hall–Kier alpha value is -2.10. The van der Waals surface area contributed by atoms with E-state index in [0.717, 1.165) is 29.5 Å². The molecule has 0 bridgehead atoms. The van der Waals surface area contributed by atoms with Gasteiger partial charge < -0.3 is 9.32 Å². The lowest BCUT2D eigenvalue weighted by Gasteiger charge is -2.34. The molecule has 1 aromatic carbocycles. The smallest absolute Gasteiger partial charge is 0.223 e. The molecular weight excluding hydrogens is 476 g/mol. The van der Waals surface area contributed by atoms with Crippen molar-refractivity contribution in [2.45, 2.75) is 19.4 Å². The van der Waals surface area contributed by atoms with Gasteiger partial charge in [0.25, 0.3) is 0 Å². The first-order valence-corrected chi connectivity index (χ1v) is 11.2. The van der Waals surface area contributed by atoms with Crippen molar-refractivity contribution in [1.82, 2.24) is 14.8 Å². The fourth-order valence-corrected chi connectivity index (χ4v) is 4.95. The van der Waals surface area contributed by atoms with Gasteiger partial charge in [0.05, 0.1) is 15.5 Å². The molecule has 0 N–H and O–H groups in total. The molecule has 0 unspecified atom stereocenters. The second kappa shape index (κ2) is 9.36. The van der Waals surface area contributed by atoms with Crippen LogP contribution < -0.4 is 0 Å². The van der Waals surface area contributed by atoms with E-state index in [2.05, 4.69) is 37.9 Å². The molecule has 3 heterocycles. The summed E-state index contributed by atoms with van der Waals surface area (Å²) in [4.78, 5) is 22.2. The van der Waals surface area contributed by atoms with Crippen molar-refractivity contribution in [3.8, 4) is 11.3 Å². The Bertz CT molecular complexity index is 1030. The van der Waals surface area contributed by atoms with Gasteiger partial charge in [0.1, 0.15) is 11.6 Å². The monoisotopic (exact) mass is 495 g/mol. The number of carbonyl (C=O) groups is 1. The van der Waals surface area contributed by atoms with E-state index in [0.29, 0.717) is 25.4 Å². The standard InChI is InChI=1S/C21H20BrF2N3O2S/c22-19-4-2-15(30-19)13-26-7-9-27(10-8-26)21(28)6-5-20-25-12-18(29-20)16-3-1-14(23)11-17(16)24/h1-4,11-12H,5-10,13H2. The highest BCUT2D eigenvalue weighted by atomic mass is 79.9. The maximum absolute atomic E-state index is 13.9. The Morgan fingerprint density at radius 1 is 1.17 bits per heavy atom. The number of aryl methyl sites for hydroxylation is 1. The second-order valence-electron chi connectivity index (χ2n) is 7.11. The average Bonchev–Trinajstić information content (AvgIpc) is 3.36. The summed E-state index contributed by atoms with van der Waals surface area (Å²) in [6.45, 7) is 3.98. The molecule has 0 saturated carbocycles.